The molecule has 168 valence electrons. The number of carboxylic acids is 1. The monoisotopic (exact) mass is 454 g/mol. The predicted molar refractivity (Wildman–Crippen MR) is 96.6 cm³/mol. The molecule has 0 saturated carbocycles. The molecule has 2 aliphatic rings. The van der Waals surface area contributed by atoms with E-state index in [9.17, 15) is 26.4 Å². The molecule has 1 aromatic heterocycles. The van der Waals surface area contributed by atoms with Crippen LogP contribution < -0.4 is 4.74 Å². The fourth-order valence-electron chi connectivity index (χ4n) is 3.12. The molecule has 0 bridgehead atoms. The Morgan fingerprint density at radius 2 is 2.07 bits per heavy atom. The summed E-state index contributed by atoms with van der Waals surface area (Å²) in [5, 5.41) is 7.12. The number of aromatic nitrogens is 1. The molecular formula is C17H21F3N2O7S. The van der Waals surface area contributed by atoms with Crippen LogP contribution in [-0.2, 0) is 24.2 Å². The van der Waals surface area contributed by atoms with Gasteiger partial charge in [0.25, 0.3) is 0 Å². The van der Waals surface area contributed by atoms with E-state index in [0.29, 0.717) is 38.4 Å². The SMILES string of the molecule is CS(=O)(=O)CC(=O)N1CC[C@]2(C[C@@H](Oc3ccccn3)CO2)C1.O=C(O)C(F)(F)F. The summed E-state index contributed by atoms with van der Waals surface area (Å²) in [6.07, 6.45) is -1.08. The van der Waals surface area contributed by atoms with Gasteiger partial charge in [-0.05, 0) is 12.5 Å². The number of rotatable bonds is 4. The zero-order chi connectivity index (χ0) is 22.6. The van der Waals surface area contributed by atoms with E-state index in [0.717, 1.165) is 6.26 Å². The van der Waals surface area contributed by atoms with E-state index < -0.39 is 33.3 Å². The van der Waals surface area contributed by atoms with Crippen LogP contribution >= 0.6 is 0 Å². The highest BCUT2D eigenvalue weighted by Gasteiger charge is 2.47. The minimum Gasteiger partial charge on any atom is -0.475 e. The average molecular weight is 454 g/mol. The van der Waals surface area contributed by atoms with Crippen LogP contribution in [0, 0.1) is 0 Å². The lowest BCUT2D eigenvalue weighted by Gasteiger charge is -2.23. The summed E-state index contributed by atoms with van der Waals surface area (Å²) in [5.41, 5.74) is -0.424. The summed E-state index contributed by atoms with van der Waals surface area (Å²) in [4.78, 5) is 26.6. The number of nitrogens with zero attached hydrogens (tertiary/aromatic N) is 2. The number of carbonyl (C=O) groups is 2. The largest absolute Gasteiger partial charge is 0.490 e. The smallest absolute Gasteiger partial charge is 0.475 e. The summed E-state index contributed by atoms with van der Waals surface area (Å²) in [6, 6.07) is 5.47. The number of hydrogen-bond donors (Lipinski definition) is 1. The fourth-order valence-corrected chi connectivity index (χ4v) is 3.75. The van der Waals surface area contributed by atoms with Gasteiger partial charge in [0.15, 0.2) is 9.84 Å². The van der Waals surface area contributed by atoms with Crippen molar-refractivity contribution in [1.29, 1.82) is 0 Å². The standard InChI is InChI=1S/C15H20N2O5S.C2HF3O2/c1-23(19,20)10-14(18)17-7-5-15(11-17)8-12(9-21-15)22-13-4-2-3-6-16-13;3-2(4,5)1(6)7/h2-4,6,12H,5,7-11H2,1H3;(H,6,7)/t12-,15+;/m1./s1. The zero-order valence-electron chi connectivity index (χ0n) is 16.0. The molecule has 0 unspecified atom stereocenters. The van der Waals surface area contributed by atoms with E-state index in [1.807, 2.05) is 12.1 Å². The van der Waals surface area contributed by atoms with Crippen molar-refractivity contribution in [3.8, 4) is 5.88 Å². The fraction of sp³-hybridized carbons (Fsp3) is 0.588. The number of likely N-dealkylation sites (tertiary alicyclic amines) is 1. The van der Waals surface area contributed by atoms with Gasteiger partial charge in [-0.15, -0.1) is 0 Å². The Morgan fingerprint density at radius 3 is 2.60 bits per heavy atom. The Balaban J connectivity index is 0.000000396. The Hall–Kier alpha value is -2.41. The van der Waals surface area contributed by atoms with Crippen LogP contribution in [0.1, 0.15) is 12.8 Å². The van der Waals surface area contributed by atoms with Crippen molar-refractivity contribution < 1.29 is 45.8 Å². The highest BCUT2D eigenvalue weighted by atomic mass is 32.2. The first kappa shape index (κ1) is 23.9. The molecule has 1 amide bonds. The molecule has 3 heterocycles. The molecule has 1 aromatic rings. The number of carboxylic acid groups (broad SMARTS) is 1. The van der Waals surface area contributed by atoms with Gasteiger partial charge in [-0.1, -0.05) is 6.07 Å². The zero-order valence-corrected chi connectivity index (χ0v) is 16.8. The van der Waals surface area contributed by atoms with Gasteiger partial charge >= 0.3 is 12.1 Å². The van der Waals surface area contributed by atoms with E-state index in [2.05, 4.69) is 4.98 Å². The number of carbonyl (C=O) groups excluding carboxylic acids is 1. The summed E-state index contributed by atoms with van der Waals surface area (Å²) >= 11 is 0. The lowest BCUT2D eigenvalue weighted by atomic mass is 9.98. The highest BCUT2D eigenvalue weighted by Crippen LogP contribution is 2.36. The van der Waals surface area contributed by atoms with Gasteiger partial charge in [0.05, 0.1) is 12.2 Å². The van der Waals surface area contributed by atoms with E-state index in [-0.39, 0.29) is 12.0 Å². The highest BCUT2D eigenvalue weighted by molar-refractivity contribution is 7.91. The third-order valence-electron chi connectivity index (χ3n) is 4.40. The van der Waals surface area contributed by atoms with Crippen molar-refractivity contribution in [2.45, 2.75) is 30.7 Å². The number of pyridine rings is 1. The topological polar surface area (TPSA) is 123 Å². The number of aliphatic carboxylic acids is 1. The van der Waals surface area contributed by atoms with Crippen molar-refractivity contribution >= 4 is 21.7 Å². The Kier molecular flexibility index (Phi) is 7.29. The molecule has 0 aromatic carbocycles. The average Bonchev–Trinajstić information content (AvgIpc) is 3.21. The maximum absolute atomic E-state index is 12.0. The van der Waals surface area contributed by atoms with Gasteiger partial charge in [0.2, 0.25) is 11.8 Å². The third kappa shape index (κ3) is 7.13. The van der Waals surface area contributed by atoms with Crippen molar-refractivity contribution in [3.63, 3.8) is 0 Å². The van der Waals surface area contributed by atoms with E-state index in [1.54, 1.807) is 17.2 Å². The maximum Gasteiger partial charge on any atom is 0.490 e. The van der Waals surface area contributed by atoms with E-state index in [4.69, 9.17) is 19.4 Å². The van der Waals surface area contributed by atoms with Crippen molar-refractivity contribution in [3.05, 3.63) is 24.4 Å². The molecule has 2 fully saturated rings. The van der Waals surface area contributed by atoms with Crippen LogP contribution in [0.3, 0.4) is 0 Å². The molecule has 0 aliphatic carbocycles. The summed E-state index contributed by atoms with van der Waals surface area (Å²) < 4.78 is 66.0. The normalized spacial score (nSPS) is 23.7. The van der Waals surface area contributed by atoms with Crippen LogP contribution in [-0.4, -0.2) is 84.9 Å². The molecule has 3 rings (SSSR count). The van der Waals surface area contributed by atoms with Crippen LogP contribution in [0.15, 0.2) is 24.4 Å². The number of amides is 1. The van der Waals surface area contributed by atoms with Crippen molar-refractivity contribution in [1.82, 2.24) is 9.88 Å². The third-order valence-corrected chi connectivity index (χ3v) is 5.17. The summed E-state index contributed by atoms with van der Waals surface area (Å²) in [5.74, 6) is -3.01. The molecule has 1 spiro atoms. The molecule has 9 nitrogen and oxygen atoms in total. The molecule has 2 aliphatic heterocycles. The van der Waals surface area contributed by atoms with Crippen LogP contribution in [0.5, 0.6) is 5.88 Å². The first-order valence-corrected chi connectivity index (χ1v) is 10.8. The van der Waals surface area contributed by atoms with Gasteiger partial charge in [-0.2, -0.15) is 13.2 Å². The number of ether oxygens (including phenoxy) is 2. The second kappa shape index (κ2) is 9.16. The lowest BCUT2D eigenvalue weighted by Crippen LogP contribution is -2.38. The number of hydrogen-bond acceptors (Lipinski definition) is 7. The Labute approximate surface area is 170 Å². The molecule has 30 heavy (non-hydrogen) atoms. The molecule has 0 radical (unpaired) electrons. The predicted octanol–water partition coefficient (Wildman–Crippen LogP) is 0.898. The van der Waals surface area contributed by atoms with E-state index >= 15 is 0 Å². The molecule has 2 atom stereocenters. The summed E-state index contributed by atoms with van der Waals surface area (Å²) in [6.45, 7) is 1.39. The first-order valence-electron chi connectivity index (χ1n) is 8.77. The van der Waals surface area contributed by atoms with Crippen molar-refractivity contribution in [2.75, 3.05) is 31.7 Å². The second-order valence-electron chi connectivity index (χ2n) is 7.04. The molecule has 2 saturated heterocycles. The van der Waals surface area contributed by atoms with Gasteiger partial charge < -0.3 is 19.5 Å². The Morgan fingerprint density at radius 1 is 1.40 bits per heavy atom. The first-order chi connectivity index (χ1) is 13.8. The van der Waals surface area contributed by atoms with Crippen LogP contribution in [0.4, 0.5) is 13.2 Å². The minimum atomic E-state index is -5.08. The number of halogens is 3. The lowest BCUT2D eigenvalue weighted by molar-refractivity contribution is -0.192. The Bertz CT molecular complexity index is 864. The van der Waals surface area contributed by atoms with Crippen molar-refractivity contribution in [2.24, 2.45) is 0 Å². The number of alkyl halides is 3. The quantitative estimate of drug-likeness (QED) is 0.712. The van der Waals surface area contributed by atoms with Gasteiger partial charge in [-0.25, -0.2) is 18.2 Å². The number of sulfone groups is 1. The maximum atomic E-state index is 12.0. The van der Waals surface area contributed by atoms with Gasteiger partial charge in [-0.3, -0.25) is 4.79 Å². The van der Waals surface area contributed by atoms with Gasteiger partial charge in [0.1, 0.15) is 11.9 Å². The summed E-state index contributed by atoms with van der Waals surface area (Å²) in [7, 11) is -3.31. The molecular weight excluding hydrogens is 433 g/mol. The minimum absolute atomic E-state index is 0.102. The van der Waals surface area contributed by atoms with Crippen LogP contribution in [0.25, 0.3) is 0 Å². The van der Waals surface area contributed by atoms with E-state index in [1.165, 1.54) is 0 Å². The van der Waals surface area contributed by atoms with Gasteiger partial charge in [0, 0.05) is 38.0 Å². The van der Waals surface area contributed by atoms with Crippen LogP contribution in [0.2, 0.25) is 0 Å². The second-order valence-corrected chi connectivity index (χ2v) is 9.18. The molecule has 13 heteroatoms. The molecule has 1 N–H and O–H groups in total.